The van der Waals surface area contributed by atoms with Gasteiger partial charge in [0.2, 0.25) is 0 Å². The Morgan fingerprint density at radius 2 is 2.20 bits per heavy atom. The smallest absolute Gasteiger partial charge is 0.408 e. The molecule has 1 fully saturated rings. The van der Waals surface area contributed by atoms with Crippen molar-refractivity contribution in [3.8, 4) is 0 Å². The highest BCUT2D eigenvalue weighted by Crippen LogP contribution is 2.32. The van der Waals surface area contributed by atoms with E-state index in [2.05, 4.69) is 11.9 Å². The molecule has 0 saturated carbocycles. The lowest BCUT2D eigenvalue weighted by molar-refractivity contribution is -0.0499. The van der Waals surface area contributed by atoms with E-state index >= 15 is 0 Å². The van der Waals surface area contributed by atoms with Crippen molar-refractivity contribution in [2.24, 2.45) is 0 Å². The van der Waals surface area contributed by atoms with E-state index in [1.807, 2.05) is 18.2 Å². The Labute approximate surface area is 85.9 Å². The second-order valence-corrected chi connectivity index (χ2v) is 4.28. The first-order chi connectivity index (χ1) is 7.17. The fourth-order valence-corrected chi connectivity index (χ4v) is 1.90. The highest BCUT2D eigenvalue weighted by Gasteiger charge is 2.35. The van der Waals surface area contributed by atoms with Gasteiger partial charge in [-0.15, -0.1) is 0 Å². The molecule has 1 aliphatic rings. The summed E-state index contributed by atoms with van der Waals surface area (Å²) in [4.78, 5) is 13.6. The summed E-state index contributed by atoms with van der Waals surface area (Å²) in [7, 11) is 0. The third kappa shape index (κ3) is 1.22. The second-order valence-electron chi connectivity index (χ2n) is 4.28. The third-order valence-electron chi connectivity index (χ3n) is 2.96. The quantitative estimate of drug-likeness (QED) is 0.765. The summed E-state index contributed by atoms with van der Waals surface area (Å²) in [5, 5.41) is 0. The van der Waals surface area contributed by atoms with Crippen molar-refractivity contribution in [1.29, 1.82) is 0 Å². The van der Waals surface area contributed by atoms with Crippen LogP contribution in [0.4, 0.5) is 0 Å². The van der Waals surface area contributed by atoms with Gasteiger partial charge in [-0.2, -0.15) is 0 Å². The average Bonchev–Trinajstić information content (AvgIpc) is 2.53. The molecular weight excluding hydrogens is 194 g/mol. The van der Waals surface area contributed by atoms with E-state index in [9.17, 15) is 4.79 Å². The highest BCUT2D eigenvalue weighted by atomic mass is 16.5. The monoisotopic (exact) mass is 205 g/mol. The molecule has 2 heterocycles. The number of ether oxygens (including phenoxy) is 1. The van der Waals surface area contributed by atoms with Gasteiger partial charge in [-0.3, -0.25) is 4.98 Å². The largest absolute Gasteiger partial charge is 0.417 e. The molecule has 4 nitrogen and oxygen atoms in total. The Morgan fingerprint density at radius 1 is 1.40 bits per heavy atom. The molecule has 0 radical (unpaired) electrons. The van der Waals surface area contributed by atoms with Gasteiger partial charge in [0.25, 0.3) is 0 Å². The van der Waals surface area contributed by atoms with E-state index < -0.39 is 5.76 Å². The minimum absolute atomic E-state index is 0.0734. The van der Waals surface area contributed by atoms with Crippen LogP contribution < -0.4 is 5.76 Å². The SMILES string of the molecule is CC1(c2ccc3[nH]c(=O)oc3c2)COC1. The number of H-pyrrole nitrogens is 1. The van der Waals surface area contributed by atoms with E-state index in [1.54, 1.807) is 0 Å². The lowest BCUT2D eigenvalue weighted by Gasteiger charge is -2.38. The van der Waals surface area contributed by atoms with Gasteiger partial charge in [-0.25, -0.2) is 4.79 Å². The van der Waals surface area contributed by atoms with Crippen LogP contribution >= 0.6 is 0 Å². The van der Waals surface area contributed by atoms with E-state index in [0.717, 1.165) is 24.3 Å². The number of oxazole rings is 1. The zero-order valence-electron chi connectivity index (χ0n) is 8.37. The van der Waals surface area contributed by atoms with Gasteiger partial charge in [0.05, 0.1) is 18.7 Å². The maximum atomic E-state index is 11.0. The van der Waals surface area contributed by atoms with Crippen LogP contribution in [0, 0.1) is 0 Å². The van der Waals surface area contributed by atoms with Gasteiger partial charge in [0.15, 0.2) is 5.58 Å². The molecule has 1 saturated heterocycles. The molecule has 0 bridgehead atoms. The van der Waals surface area contributed by atoms with Crippen molar-refractivity contribution >= 4 is 11.1 Å². The van der Waals surface area contributed by atoms with Crippen LogP contribution in [0.3, 0.4) is 0 Å². The molecule has 1 N–H and O–H groups in total. The first kappa shape index (κ1) is 8.73. The van der Waals surface area contributed by atoms with Crippen LogP contribution in [0.15, 0.2) is 27.4 Å². The molecule has 1 aliphatic heterocycles. The number of rotatable bonds is 1. The summed E-state index contributed by atoms with van der Waals surface area (Å²) in [5.41, 5.74) is 2.59. The molecule has 15 heavy (non-hydrogen) atoms. The molecule has 4 heteroatoms. The van der Waals surface area contributed by atoms with Gasteiger partial charge in [-0.05, 0) is 17.7 Å². The fraction of sp³-hybridized carbons (Fsp3) is 0.364. The first-order valence-electron chi connectivity index (χ1n) is 4.88. The number of hydrogen-bond donors (Lipinski definition) is 1. The number of aromatic nitrogens is 1. The summed E-state index contributed by atoms with van der Waals surface area (Å²) in [6.45, 7) is 3.60. The molecule has 0 amide bonds. The predicted octanol–water partition coefficient (Wildman–Crippen LogP) is 1.41. The number of fused-ring (bicyclic) bond motifs is 1. The molecule has 1 aromatic carbocycles. The van der Waals surface area contributed by atoms with Gasteiger partial charge in [-0.1, -0.05) is 13.0 Å². The summed E-state index contributed by atoms with van der Waals surface area (Å²) in [6, 6.07) is 5.80. The minimum atomic E-state index is -0.405. The van der Waals surface area contributed by atoms with Crippen LogP contribution in [0.5, 0.6) is 0 Å². The second kappa shape index (κ2) is 2.73. The zero-order chi connectivity index (χ0) is 10.5. The highest BCUT2D eigenvalue weighted by molar-refractivity contribution is 5.73. The molecule has 3 rings (SSSR count). The van der Waals surface area contributed by atoms with Crippen LogP contribution in [-0.2, 0) is 10.2 Å². The lowest BCUT2D eigenvalue weighted by Crippen LogP contribution is -2.43. The molecule has 0 unspecified atom stereocenters. The summed E-state index contributed by atoms with van der Waals surface area (Å²) >= 11 is 0. The third-order valence-corrected chi connectivity index (χ3v) is 2.96. The standard InChI is InChI=1S/C11H11NO3/c1-11(5-14-6-11)7-2-3-8-9(4-7)15-10(13)12-8/h2-4H,5-6H2,1H3,(H,12,13). The summed E-state index contributed by atoms with van der Waals surface area (Å²) in [6.07, 6.45) is 0. The summed E-state index contributed by atoms with van der Waals surface area (Å²) < 4.78 is 10.2. The Bertz CT molecular complexity index is 562. The zero-order valence-corrected chi connectivity index (χ0v) is 8.37. The Morgan fingerprint density at radius 3 is 2.87 bits per heavy atom. The van der Waals surface area contributed by atoms with Crippen molar-refractivity contribution < 1.29 is 9.15 Å². The Balaban J connectivity index is 2.17. The Kier molecular flexibility index (Phi) is 1.59. The minimum Gasteiger partial charge on any atom is -0.408 e. The fourth-order valence-electron chi connectivity index (χ4n) is 1.90. The number of benzene rings is 1. The lowest BCUT2D eigenvalue weighted by atomic mass is 9.81. The van der Waals surface area contributed by atoms with Gasteiger partial charge < -0.3 is 9.15 Å². The molecule has 78 valence electrons. The molecule has 0 spiro atoms. The van der Waals surface area contributed by atoms with Crippen LogP contribution in [0.25, 0.3) is 11.1 Å². The van der Waals surface area contributed by atoms with Crippen molar-refractivity contribution in [1.82, 2.24) is 4.98 Å². The molecular formula is C11H11NO3. The summed E-state index contributed by atoms with van der Waals surface area (Å²) in [5.74, 6) is -0.405. The number of aromatic amines is 1. The molecule has 2 aromatic rings. The van der Waals surface area contributed by atoms with E-state index in [4.69, 9.17) is 9.15 Å². The van der Waals surface area contributed by atoms with E-state index in [-0.39, 0.29) is 5.41 Å². The topological polar surface area (TPSA) is 55.2 Å². The maximum absolute atomic E-state index is 11.0. The van der Waals surface area contributed by atoms with Gasteiger partial charge in [0, 0.05) is 5.41 Å². The van der Waals surface area contributed by atoms with Gasteiger partial charge >= 0.3 is 5.76 Å². The average molecular weight is 205 g/mol. The predicted molar refractivity (Wildman–Crippen MR) is 55.0 cm³/mol. The molecule has 0 aliphatic carbocycles. The number of nitrogens with one attached hydrogen (secondary N) is 1. The van der Waals surface area contributed by atoms with Crippen molar-refractivity contribution in [2.75, 3.05) is 13.2 Å². The van der Waals surface area contributed by atoms with E-state index in [0.29, 0.717) is 5.58 Å². The van der Waals surface area contributed by atoms with Crippen molar-refractivity contribution in [3.05, 3.63) is 34.3 Å². The van der Waals surface area contributed by atoms with Crippen molar-refractivity contribution in [2.45, 2.75) is 12.3 Å². The van der Waals surface area contributed by atoms with Crippen molar-refractivity contribution in [3.63, 3.8) is 0 Å². The number of hydrogen-bond acceptors (Lipinski definition) is 3. The Hall–Kier alpha value is -1.55. The van der Waals surface area contributed by atoms with Crippen LogP contribution in [0.1, 0.15) is 12.5 Å². The molecule has 0 atom stereocenters. The van der Waals surface area contributed by atoms with E-state index in [1.165, 1.54) is 0 Å². The van der Waals surface area contributed by atoms with Gasteiger partial charge in [0.1, 0.15) is 0 Å². The maximum Gasteiger partial charge on any atom is 0.417 e. The molecule has 1 aromatic heterocycles. The normalized spacial score (nSPS) is 19.0. The van der Waals surface area contributed by atoms with Crippen LogP contribution in [0.2, 0.25) is 0 Å². The van der Waals surface area contributed by atoms with Crippen LogP contribution in [-0.4, -0.2) is 18.2 Å². The first-order valence-corrected chi connectivity index (χ1v) is 4.88.